The summed E-state index contributed by atoms with van der Waals surface area (Å²) in [6.45, 7) is 8.26. The van der Waals surface area contributed by atoms with Gasteiger partial charge in [0.05, 0.1) is 0 Å². The first kappa shape index (κ1) is 7.07. The molecule has 0 aromatic rings. The predicted octanol–water partition coefficient (Wildman–Crippen LogP) is 1.74. The Morgan fingerprint density at radius 1 is 1.44 bits per heavy atom. The van der Waals surface area contributed by atoms with E-state index in [0.29, 0.717) is 5.54 Å². The zero-order valence-electron chi connectivity index (χ0n) is 6.94. The Bertz CT molecular complexity index is 95.1. The second kappa shape index (κ2) is 1.98. The number of hydrogen-bond donors (Lipinski definition) is 0. The lowest BCUT2D eigenvalue weighted by Gasteiger charge is -2.31. The molecule has 0 amide bonds. The molecule has 1 fully saturated rings. The molecule has 1 aliphatic rings. The molecule has 1 rings (SSSR count). The summed E-state index contributed by atoms with van der Waals surface area (Å²) < 4.78 is 0. The summed E-state index contributed by atoms with van der Waals surface area (Å²) in [5.41, 5.74) is 0.444. The van der Waals surface area contributed by atoms with Gasteiger partial charge < -0.3 is 4.90 Å². The van der Waals surface area contributed by atoms with Gasteiger partial charge in [-0.15, -0.1) is 0 Å². The molecule has 1 saturated heterocycles. The first-order valence-corrected chi connectivity index (χ1v) is 3.76. The fraction of sp³-hybridized carbons (Fsp3) is 1.00. The second-order valence-electron chi connectivity index (χ2n) is 3.76. The van der Waals surface area contributed by atoms with Crippen molar-refractivity contribution < 1.29 is 0 Å². The maximum Gasteiger partial charge on any atom is 0.0176 e. The van der Waals surface area contributed by atoms with Crippen molar-refractivity contribution in [1.82, 2.24) is 4.90 Å². The van der Waals surface area contributed by atoms with Crippen molar-refractivity contribution in [1.29, 1.82) is 0 Å². The van der Waals surface area contributed by atoms with Crippen LogP contribution in [0.3, 0.4) is 0 Å². The molecule has 0 unspecified atom stereocenters. The number of likely N-dealkylation sites (tertiary alicyclic amines) is 1. The van der Waals surface area contributed by atoms with Crippen LogP contribution < -0.4 is 0 Å². The third kappa shape index (κ3) is 0.983. The van der Waals surface area contributed by atoms with Gasteiger partial charge >= 0.3 is 0 Å². The van der Waals surface area contributed by atoms with Gasteiger partial charge in [-0.05, 0) is 39.8 Å². The van der Waals surface area contributed by atoms with Crippen LogP contribution >= 0.6 is 0 Å². The van der Waals surface area contributed by atoms with Crippen LogP contribution in [0.4, 0.5) is 0 Å². The zero-order valence-corrected chi connectivity index (χ0v) is 6.94. The normalized spacial score (nSPS) is 35.3. The molecule has 0 aromatic heterocycles. The van der Waals surface area contributed by atoms with E-state index in [9.17, 15) is 0 Å². The van der Waals surface area contributed by atoms with E-state index < -0.39 is 0 Å². The van der Waals surface area contributed by atoms with Crippen molar-refractivity contribution in [3.8, 4) is 0 Å². The number of rotatable bonds is 0. The van der Waals surface area contributed by atoms with E-state index in [-0.39, 0.29) is 0 Å². The average Bonchev–Trinajstić information content (AvgIpc) is 1.96. The third-order valence-electron chi connectivity index (χ3n) is 3.09. The molecule has 9 heavy (non-hydrogen) atoms. The average molecular weight is 127 g/mol. The zero-order chi connectivity index (χ0) is 7.07. The van der Waals surface area contributed by atoms with Crippen molar-refractivity contribution in [3.63, 3.8) is 0 Å². The Hall–Kier alpha value is -0.0400. The van der Waals surface area contributed by atoms with Gasteiger partial charge in [0.15, 0.2) is 0 Å². The third-order valence-corrected chi connectivity index (χ3v) is 3.09. The second-order valence-corrected chi connectivity index (χ2v) is 3.76. The van der Waals surface area contributed by atoms with E-state index in [1.807, 2.05) is 0 Å². The van der Waals surface area contributed by atoms with E-state index in [4.69, 9.17) is 0 Å². The molecule has 1 aliphatic heterocycles. The van der Waals surface area contributed by atoms with Gasteiger partial charge in [-0.3, -0.25) is 0 Å². The SMILES string of the molecule is C[C@@H]1CCN(C)C1(C)C. The molecule has 0 saturated carbocycles. The summed E-state index contributed by atoms with van der Waals surface area (Å²) >= 11 is 0. The minimum absolute atomic E-state index is 0.444. The van der Waals surface area contributed by atoms with Crippen LogP contribution in [0.15, 0.2) is 0 Å². The van der Waals surface area contributed by atoms with Crippen LogP contribution in [0.1, 0.15) is 27.2 Å². The van der Waals surface area contributed by atoms with Gasteiger partial charge in [0.25, 0.3) is 0 Å². The highest BCUT2D eigenvalue weighted by Gasteiger charge is 2.35. The van der Waals surface area contributed by atoms with Crippen LogP contribution in [0, 0.1) is 5.92 Å². The lowest BCUT2D eigenvalue weighted by Crippen LogP contribution is -2.38. The van der Waals surface area contributed by atoms with Crippen molar-refractivity contribution in [2.45, 2.75) is 32.7 Å². The molecule has 0 bridgehead atoms. The monoisotopic (exact) mass is 127 g/mol. The van der Waals surface area contributed by atoms with Crippen LogP contribution in [0.25, 0.3) is 0 Å². The van der Waals surface area contributed by atoms with E-state index in [1.54, 1.807) is 0 Å². The smallest absolute Gasteiger partial charge is 0.0176 e. The van der Waals surface area contributed by atoms with E-state index >= 15 is 0 Å². The molecule has 1 nitrogen and oxygen atoms in total. The Labute approximate surface area is 58.0 Å². The van der Waals surface area contributed by atoms with Gasteiger partial charge in [-0.25, -0.2) is 0 Å². The van der Waals surface area contributed by atoms with Gasteiger partial charge in [-0.2, -0.15) is 0 Å². The Kier molecular flexibility index (Phi) is 1.55. The van der Waals surface area contributed by atoms with Gasteiger partial charge in [0, 0.05) is 5.54 Å². The predicted molar refractivity (Wildman–Crippen MR) is 40.5 cm³/mol. The maximum atomic E-state index is 2.44. The minimum atomic E-state index is 0.444. The van der Waals surface area contributed by atoms with Gasteiger partial charge in [0.1, 0.15) is 0 Å². The highest BCUT2D eigenvalue weighted by Crippen LogP contribution is 2.31. The largest absolute Gasteiger partial charge is 0.301 e. The molecule has 1 heterocycles. The first-order valence-electron chi connectivity index (χ1n) is 3.76. The van der Waals surface area contributed by atoms with Crippen molar-refractivity contribution in [2.24, 2.45) is 5.92 Å². The fourth-order valence-electron chi connectivity index (χ4n) is 1.40. The van der Waals surface area contributed by atoms with Crippen LogP contribution in [-0.2, 0) is 0 Å². The fourth-order valence-corrected chi connectivity index (χ4v) is 1.40. The molecule has 1 heteroatoms. The van der Waals surface area contributed by atoms with Crippen LogP contribution in [0.2, 0.25) is 0 Å². The summed E-state index contributed by atoms with van der Waals surface area (Å²) in [5, 5.41) is 0. The Morgan fingerprint density at radius 2 is 2.00 bits per heavy atom. The summed E-state index contributed by atoms with van der Waals surface area (Å²) in [6, 6.07) is 0. The van der Waals surface area contributed by atoms with E-state index in [1.165, 1.54) is 13.0 Å². The van der Waals surface area contributed by atoms with Crippen molar-refractivity contribution in [3.05, 3.63) is 0 Å². The molecule has 0 radical (unpaired) electrons. The topological polar surface area (TPSA) is 3.24 Å². The first-order chi connectivity index (χ1) is 4.05. The quantitative estimate of drug-likeness (QED) is 0.479. The lowest BCUT2D eigenvalue weighted by atomic mass is 9.91. The Balaban J connectivity index is 2.66. The van der Waals surface area contributed by atoms with Crippen LogP contribution in [0.5, 0.6) is 0 Å². The number of nitrogens with zero attached hydrogens (tertiary/aromatic N) is 1. The van der Waals surface area contributed by atoms with Crippen LogP contribution in [-0.4, -0.2) is 24.0 Å². The molecule has 0 aromatic carbocycles. The minimum Gasteiger partial charge on any atom is -0.301 e. The summed E-state index contributed by atoms with van der Waals surface area (Å²) in [6.07, 6.45) is 1.36. The van der Waals surface area contributed by atoms with E-state index in [0.717, 1.165) is 5.92 Å². The summed E-state index contributed by atoms with van der Waals surface area (Å²) in [5.74, 6) is 0.863. The molecule has 1 atom stereocenters. The standard InChI is InChI=1S/C8H17N/c1-7-5-6-9(4)8(7,2)3/h7H,5-6H2,1-4H3/t7-/m1/s1. The maximum absolute atomic E-state index is 2.44. The van der Waals surface area contributed by atoms with Gasteiger partial charge in [-0.1, -0.05) is 6.92 Å². The highest BCUT2D eigenvalue weighted by molar-refractivity contribution is 4.90. The number of hydrogen-bond acceptors (Lipinski definition) is 1. The molecule has 54 valence electrons. The van der Waals surface area contributed by atoms with Crippen molar-refractivity contribution in [2.75, 3.05) is 13.6 Å². The molecule has 0 N–H and O–H groups in total. The molecule has 0 spiro atoms. The summed E-state index contributed by atoms with van der Waals surface area (Å²) in [7, 11) is 2.21. The van der Waals surface area contributed by atoms with Gasteiger partial charge in [0.2, 0.25) is 0 Å². The summed E-state index contributed by atoms with van der Waals surface area (Å²) in [4.78, 5) is 2.44. The van der Waals surface area contributed by atoms with E-state index in [2.05, 4.69) is 32.7 Å². The lowest BCUT2D eigenvalue weighted by molar-refractivity contribution is 0.180. The molecular formula is C8H17N. The molecular weight excluding hydrogens is 110 g/mol. The molecule has 0 aliphatic carbocycles. The highest BCUT2D eigenvalue weighted by atomic mass is 15.2. The Morgan fingerprint density at radius 3 is 2.11 bits per heavy atom. The van der Waals surface area contributed by atoms with Crippen molar-refractivity contribution >= 4 is 0 Å².